The van der Waals surface area contributed by atoms with Crippen LogP contribution in [0.2, 0.25) is 0 Å². The zero-order chi connectivity index (χ0) is 14.2. The SMILES string of the molecule is CCCCCCCCCn1nc2c(cc1=O)CNCC2. The first-order valence-electron chi connectivity index (χ1n) is 8.12. The van der Waals surface area contributed by atoms with Gasteiger partial charge in [0.15, 0.2) is 0 Å². The van der Waals surface area contributed by atoms with Crippen molar-refractivity contribution in [2.75, 3.05) is 6.54 Å². The summed E-state index contributed by atoms with van der Waals surface area (Å²) >= 11 is 0. The molecule has 1 aliphatic rings. The Bertz CT molecular complexity index is 467. The summed E-state index contributed by atoms with van der Waals surface area (Å²) in [4.78, 5) is 12.0. The Morgan fingerprint density at radius 1 is 1.20 bits per heavy atom. The number of unbranched alkanes of at least 4 members (excludes halogenated alkanes) is 6. The van der Waals surface area contributed by atoms with Crippen molar-refractivity contribution in [3.05, 3.63) is 27.7 Å². The van der Waals surface area contributed by atoms with E-state index >= 15 is 0 Å². The molecular formula is C16H27N3O. The highest BCUT2D eigenvalue weighted by molar-refractivity contribution is 5.20. The van der Waals surface area contributed by atoms with E-state index < -0.39 is 0 Å². The summed E-state index contributed by atoms with van der Waals surface area (Å²) in [5, 5.41) is 7.80. The molecule has 1 aromatic rings. The molecule has 20 heavy (non-hydrogen) atoms. The molecule has 0 radical (unpaired) electrons. The van der Waals surface area contributed by atoms with Gasteiger partial charge in [-0.15, -0.1) is 0 Å². The summed E-state index contributed by atoms with van der Waals surface area (Å²) in [7, 11) is 0. The van der Waals surface area contributed by atoms with Crippen molar-refractivity contribution in [1.82, 2.24) is 15.1 Å². The van der Waals surface area contributed by atoms with Crippen molar-refractivity contribution >= 4 is 0 Å². The average molecular weight is 277 g/mol. The van der Waals surface area contributed by atoms with Crippen molar-refractivity contribution in [2.45, 2.75) is 71.4 Å². The minimum Gasteiger partial charge on any atom is -0.312 e. The largest absolute Gasteiger partial charge is 0.312 e. The van der Waals surface area contributed by atoms with Crippen LogP contribution in [0.25, 0.3) is 0 Å². The Balaban J connectivity index is 1.77. The molecule has 0 saturated carbocycles. The Morgan fingerprint density at radius 2 is 1.95 bits per heavy atom. The van der Waals surface area contributed by atoms with E-state index in [2.05, 4.69) is 17.3 Å². The van der Waals surface area contributed by atoms with Gasteiger partial charge in [-0.2, -0.15) is 5.10 Å². The van der Waals surface area contributed by atoms with Crippen LogP contribution in [0.4, 0.5) is 0 Å². The van der Waals surface area contributed by atoms with Gasteiger partial charge in [-0.3, -0.25) is 4.79 Å². The van der Waals surface area contributed by atoms with Crippen LogP contribution in [0.5, 0.6) is 0 Å². The number of nitrogens with zero attached hydrogens (tertiary/aromatic N) is 2. The van der Waals surface area contributed by atoms with E-state index in [0.29, 0.717) is 0 Å². The normalized spacial score (nSPS) is 14.2. The topological polar surface area (TPSA) is 46.9 Å². The Kier molecular flexibility index (Phi) is 6.25. The summed E-state index contributed by atoms with van der Waals surface area (Å²) in [6.07, 6.45) is 9.80. The predicted octanol–water partition coefficient (Wildman–Crippen LogP) is 2.64. The van der Waals surface area contributed by atoms with E-state index in [1.54, 1.807) is 10.7 Å². The number of nitrogens with one attached hydrogen (secondary N) is 1. The molecule has 0 unspecified atom stereocenters. The minimum absolute atomic E-state index is 0.0541. The second-order valence-corrected chi connectivity index (χ2v) is 5.73. The molecule has 1 aromatic heterocycles. The van der Waals surface area contributed by atoms with E-state index in [9.17, 15) is 4.79 Å². The van der Waals surface area contributed by atoms with E-state index in [4.69, 9.17) is 0 Å². The highest BCUT2D eigenvalue weighted by Crippen LogP contribution is 2.09. The second-order valence-electron chi connectivity index (χ2n) is 5.73. The van der Waals surface area contributed by atoms with Crippen LogP contribution in [0.1, 0.15) is 63.1 Å². The number of hydrogen-bond donors (Lipinski definition) is 1. The molecule has 0 amide bonds. The highest BCUT2D eigenvalue weighted by Gasteiger charge is 2.12. The number of hydrogen-bond acceptors (Lipinski definition) is 3. The van der Waals surface area contributed by atoms with Crippen LogP contribution in [0, 0.1) is 0 Å². The predicted molar refractivity (Wildman–Crippen MR) is 81.9 cm³/mol. The molecular weight excluding hydrogens is 250 g/mol. The maximum atomic E-state index is 12.0. The number of aryl methyl sites for hydroxylation is 1. The summed E-state index contributed by atoms with van der Waals surface area (Å²) in [6.45, 7) is 4.77. The Hall–Kier alpha value is -1.16. The first-order valence-corrected chi connectivity index (χ1v) is 8.12. The van der Waals surface area contributed by atoms with Crippen molar-refractivity contribution in [3.63, 3.8) is 0 Å². The fourth-order valence-electron chi connectivity index (χ4n) is 2.74. The third-order valence-corrected chi connectivity index (χ3v) is 3.99. The smallest absolute Gasteiger partial charge is 0.267 e. The van der Waals surface area contributed by atoms with Crippen molar-refractivity contribution < 1.29 is 0 Å². The average Bonchev–Trinajstić information content (AvgIpc) is 2.46. The molecule has 0 atom stereocenters. The monoisotopic (exact) mass is 277 g/mol. The van der Waals surface area contributed by atoms with Gasteiger partial charge in [-0.25, -0.2) is 4.68 Å². The zero-order valence-corrected chi connectivity index (χ0v) is 12.7. The van der Waals surface area contributed by atoms with Gasteiger partial charge in [0.2, 0.25) is 0 Å². The van der Waals surface area contributed by atoms with Gasteiger partial charge in [-0.1, -0.05) is 45.4 Å². The molecule has 0 spiro atoms. The van der Waals surface area contributed by atoms with Gasteiger partial charge in [-0.05, 0) is 12.0 Å². The van der Waals surface area contributed by atoms with Crippen molar-refractivity contribution in [1.29, 1.82) is 0 Å². The number of rotatable bonds is 8. The van der Waals surface area contributed by atoms with Crippen molar-refractivity contribution in [3.8, 4) is 0 Å². The summed E-state index contributed by atoms with van der Waals surface area (Å²) < 4.78 is 1.66. The van der Waals surface area contributed by atoms with Crippen LogP contribution in [0.3, 0.4) is 0 Å². The molecule has 0 fully saturated rings. The van der Waals surface area contributed by atoms with Gasteiger partial charge < -0.3 is 5.32 Å². The molecule has 0 saturated heterocycles. The zero-order valence-electron chi connectivity index (χ0n) is 12.7. The van der Waals surface area contributed by atoms with E-state index in [-0.39, 0.29) is 5.56 Å². The Morgan fingerprint density at radius 3 is 2.75 bits per heavy atom. The van der Waals surface area contributed by atoms with Crippen LogP contribution >= 0.6 is 0 Å². The van der Waals surface area contributed by atoms with Crippen LogP contribution in [-0.4, -0.2) is 16.3 Å². The summed E-state index contributed by atoms with van der Waals surface area (Å²) in [5.41, 5.74) is 2.24. The van der Waals surface area contributed by atoms with Gasteiger partial charge in [0.05, 0.1) is 5.69 Å². The third-order valence-electron chi connectivity index (χ3n) is 3.99. The van der Waals surface area contributed by atoms with Crippen LogP contribution in [0.15, 0.2) is 10.9 Å². The van der Waals surface area contributed by atoms with Gasteiger partial charge in [0, 0.05) is 32.1 Å². The first kappa shape index (κ1) is 15.2. The fourth-order valence-corrected chi connectivity index (χ4v) is 2.74. The molecule has 0 aliphatic carbocycles. The van der Waals surface area contributed by atoms with E-state index in [0.717, 1.165) is 43.7 Å². The molecule has 4 heteroatoms. The van der Waals surface area contributed by atoms with Gasteiger partial charge in [0.25, 0.3) is 5.56 Å². The van der Waals surface area contributed by atoms with Crippen molar-refractivity contribution in [2.24, 2.45) is 0 Å². The molecule has 2 rings (SSSR count). The third kappa shape index (κ3) is 4.44. The molecule has 1 N–H and O–H groups in total. The molecule has 2 heterocycles. The first-order chi connectivity index (χ1) is 9.81. The van der Waals surface area contributed by atoms with Gasteiger partial charge in [0.1, 0.15) is 0 Å². The summed E-state index contributed by atoms with van der Waals surface area (Å²) in [5.74, 6) is 0. The van der Waals surface area contributed by atoms with Crippen LogP contribution < -0.4 is 10.9 Å². The van der Waals surface area contributed by atoms with Gasteiger partial charge >= 0.3 is 0 Å². The summed E-state index contributed by atoms with van der Waals surface area (Å²) in [6, 6.07) is 1.76. The van der Waals surface area contributed by atoms with E-state index in [1.807, 2.05) is 0 Å². The maximum absolute atomic E-state index is 12.0. The molecule has 0 bridgehead atoms. The lowest BCUT2D eigenvalue weighted by molar-refractivity contribution is 0.489. The Labute approximate surface area is 121 Å². The highest BCUT2D eigenvalue weighted by atomic mass is 16.1. The molecule has 4 nitrogen and oxygen atoms in total. The molecule has 1 aliphatic heterocycles. The molecule has 0 aromatic carbocycles. The number of aromatic nitrogens is 2. The minimum atomic E-state index is 0.0541. The standard InChI is InChI=1S/C16H27N3O/c1-2-3-4-5-6-7-8-11-19-16(20)12-14-13-17-10-9-15(14)18-19/h12,17H,2-11,13H2,1H3. The lowest BCUT2D eigenvalue weighted by Gasteiger charge is -2.17. The fraction of sp³-hybridized carbons (Fsp3) is 0.750. The van der Waals surface area contributed by atoms with E-state index in [1.165, 1.54) is 38.5 Å². The lowest BCUT2D eigenvalue weighted by atomic mass is 10.1. The quantitative estimate of drug-likeness (QED) is 0.743. The maximum Gasteiger partial charge on any atom is 0.267 e. The second kappa shape index (κ2) is 8.20. The number of fused-ring (bicyclic) bond motifs is 1. The molecule has 112 valence electrons. The lowest BCUT2D eigenvalue weighted by Crippen LogP contribution is -2.31. The van der Waals surface area contributed by atoms with Crippen LogP contribution in [-0.2, 0) is 19.5 Å².